The van der Waals surface area contributed by atoms with Crippen molar-refractivity contribution < 1.29 is 19.4 Å². The third-order valence-electron chi connectivity index (χ3n) is 3.57. The van der Waals surface area contributed by atoms with Crippen LogP contribution in [-0.4, -0.2) is 77.4 Å². The van der Waals surface area contributed by atoms with E-state index in [1.165, 1.54) is 4.90 Å². The summed E-state index contributed by atoms with van der Waals surface area (Å²) < 4.78 is 5.23. The summed E-state index contributed by atoms with van der Waals surface area (Å²) in [7, 11) is 0. The molecular weight excluding hydrogens is 274 g/mol. The van der Waals surface area contributed by atoms with Crippen LogP contribution in [0.1, 0.15) is 27.2 Å². The Hall–Kier alpha value is -1.34. The third kappa shape index (κ3) is 4.31. The lowest BCUT2D eigenvalue weighted by Crippen LogP contribution is -2.65. The molecule has 2 heterocycles. The number of piperazine rings is 1. The number of carbonyl (C=O) groups excluding carboxylic acids is 2. The summed E-state index contributed by atoms with van der Waals surface area (Å²) in [6, 6.07) is 0. The fourth-order valence-electron chi connectivity index (χ4n) is 2.54. The van der Waals surface area contributed by atoms with Crippen molar-refractivity contribution in [3.05, 3.63) is 0 Å². The number of ether oxygens (including phenoxy) is 1. The van der Waals surface area contributed by atoms with Crippen molar-refractivity contribution in [2.75, 3.05) is 39.3 Å². The molecule has 21 heavy (non-hydrogen) atoms. The number of hydrogen-bond donors (Lipinski definition) is 2. The number of nitrogens with one attached hydrogen (secondary N) is 1. The van der Waals surface area contributed by atoms with E-state index in [0.29, 0.717) is 13.1 Å². The topological polar surface area (TPSA) is 82.1 Å². The van der Waals surface area contributed by atoms with Gasteiger partial charge in [0.15, 0.2) is 0 Å². The molecule has 0 aromatic rings. The average molecular weight is 299 g/mol. The van der Waals surface area contributed by atoms with Gasteiger partial charge in [0.2, 0.25) is 5.91 Å². The lowest BCUT2D eigenvalue weighted by molar-refractivity contribution is -0.147. The van der Waals surface area contributed by atoms with E-state index in [1.54, 1.807) is 25.7 Å². The van der Waals surface area contributed by atoms with Crippen LogP contribution in [0.15, 0.2) is 0 Å². The van der Waals surface area contributed by atoms with Crippen LogP contribution in [0.25, 0.3) is 0 Å². The molecular formula is C14H25N3O4. The van der Waals surface area contributed by atoms with E-state index in [1.807, 2.05) is 0 Å². The Bertz CT molecular complexity index is 407. The average Bonchev–Trinajstić information content (AvgIpc) is 2.34. The number of nitrogens with zero attached hydrogens (tertiary/aromatic N) is 2. The normalized spacial score (nSPS) is 21.7. The Morgan fingerprint density at radius 1 is 1.19 bits per heavy atom. The van der Waals surface area contributed by atoms with Crippen molar-refractivity contribution in [2.45, 2.75) is 38.4 Å². The van der Waals surface area contributed by atoms with Crippen LogP contribution in [0.5, 0.6) is 0 Å². The Labute approximate surface area is 125 Å². The van der Waals surface area contributed by atoms with Gasteiger partial charge in [0.05, 0.1) is 19.5 Å². The fraction of sp³-hybridized carbons (Fsp3) is 0.857. The molecule has 0 bridgehead atoms. The molecule has 0 atom stereocenters. The zero-order valence-corrected chi connectivity index (χ0v) is 13.0. The van der Waals surface area contributed by atoms with E-state index in [2.05, 4.69) is 5.32 Å². The molecule has 2 amide bonds. The van der Waals surface area contributed by atoms with Crippen LogP contribution in [0.3, 0.4) is 0 Å². The largest absolute Gasteiger partial charge is 0.444 e. The maximum absolute atomic E-state index is 12.1. The molecule has 0 unspecified atom stereocenters. The van der Waals surface area contributed by atoms with Gasteiger partial charge in [0, 0.05) is 26.2 Å². The first-order valence-electron chi connectivity index (χ1n) is 7.37. The summed E-state index contributed by atoms with van der Waals surface area (Å²) in [6.07, 6.45) is -0.381. The Morgan fingerprint density at radius 3 is 2.29 bits per heavy atom. The molecule has 120 valence electrons. The van der Waals surface area contributed by atoms with Gasteiger partial charge in [0.1, 0.15) is 11.2 Å². The Morgan fingerprint density at radius 2 is 1.76 bits per heavy atom. The smallest absolute Gasteiger partial charge is 0.410 e. The second-order valence-electron chi connectivity index (χ2n) is 6.87. The van der Waals surface area contributed by atoms with Gasteiger partial charge in [-0.3, -0.25) is 4.79 Å². The number of likely N-dealkylation sites (tertiary alicyclic amines) is 1. The van der Waals surface area contributed by atoms with Gasteiger partial charge < -0.3 is 25.0 Å². The highest BCUT2D eigenvalue weighted by Gasteiger charge is 2.47. The third-order valence-corrected chi connectivity index (χ3v) is 3.57. The molecule has 0 aliphatic carbocycles. The molecule has 0 aromatic heterocycles. The number of hydrogen-bond acceptors (Lipinski definition) is 5. The van der Waals surface area contributed by atoms with Crippen molar-refractivity contribution in [2.24, 2.45) is 0 Å². The Kier molecular flexibility index (Phi) is 4.43. The molecule has 2 aliphatic rings. The minimum atomic E-state index is -1.11. The second-order valence-corrected chi connectivity index (χ2v) is 6.87. The quantitative estimate of drug-likeness (QED) is 0.737. The first-order chi connectivity index (χ1) is 9.69. The van der Waals surface area contributed by atoms with Crippen LogP contribution in [0.4, 0.5) is 4.79 Å². The molecule has 2 rings (SSSR count). The monoisotopic (exact) mass is 299 g/mol. The van der Waals surface area contributed by atoms with E-state index >= 15 is 0 Å². The number of β-amino-alcohol motifs (C(OH)–C–C–N with tert-alkyl or cyclic N) is 1. The van der Waals surface area contributed by atoms with Gasteiger partial charge in [-0.1, -0.05) is 0 Å². The predicted octanol–water partition coefficient (Wildman–Crippen LogP) is -0.210. The highest BCUT2D eigenvalue weighted by molar-refractivity contribution is 5.78. The van der Waals surface area contributed by atoms with Gasteiger partial charge >= 0.3 is 6.09 Å². The highest BCUT2D eigenvalue weighted by Crippen LogP contribution is 2.27. The van der Waals surface area contributed by atoms with E-state index in [4.69, 9.17) is 4.74 Å². The molecule has 2 N–H and O–H groups in total. The number of amides is 2. The molecule has 7 nitrogen and oxygen atoms in total. The maximum atomic E-state index is 12.1. The van der Waals surface area contributed by atoms with Crippen molar-refractivity contribution in [1.82, 2.24) is 15.1 Å². The van der Waals surface area contributed by atoms with Gasteiger partial charge in [-0.15, -0.1) is 0 Å². The zero-order valence-electron chi connectivity index (χ0n) is 13.0. The first-order valence-corrected chi connectivity index (χ1v) is 7.37. The maximum Gasteiger partial charge on any atom is 0.410 e. The summed E-state index contributed by atoms with van der Waals surface area (Å²) in [5.74, 6) is -0.0529. The highest BCUT2D eigenvalue weighted by atomic mass is 16.6. The van der Waals surface area contributed by atoms with Crippen molar-refractivity contribution >= 4 is 12.0 Å². The number of aliphatic hydroxyl groups is 1. The summed E-state index contributed by atoms with van der Waals surface area (Å²) in [4.78, 5) is 27.1. The molecule has 2 aliphatic heterocycles. The van der Waals surface area contributed by atoms with Crippen LogP contribution in [0.2, 0.25) is 0 Å². The summed E-state index contributed by atoms with van der Waals surface area (Å²) in [5.41, 5.74) is -1.67. The summed E-state index contributed by atoms with van der Waals surface area (Å²) in [6.45, 7) is 8.61. The van der Waals surface area contributed by atoms with Crippen LogP contribution in [0, 0.1) is 0 Å². The fourth-order valence-corrected chi connectivity index (χ4v) is 2.54. The van der Waals surface area contributed by atoms with Crippen LogP contribution >= 0.6 is 0 Å². The zero-order chi connectivity index (χ0) is 15.7. The predicted molar refractivity (Wildman–Crippen MR) is 76.8 cm³/mol. The lowest BCUT2D eigenvalue weighted by atomic mass is 9.90. The molecule has 2 saturated heterocycles. The van der Waals surface area contributed by atoms with Gasteiger partial charge in [0.25, 0.3) is 0 Å². The van der Waals surface area contributed by atoms with Crippen LogP contribution < -0.4 is 5.32 Å². The SMILES string of the molecule is CC(C)(C)OC(=O)N1CC(O)(CC(=O)N2CCNCC2)C1. The standard InChI is InChI=1S/C14H25N3O4/c1-13(2,3)21-12(19)17-9-14(20,10-17)8-11(18)16-6-4-15-5-7-16/h15,20H,4-10H2,1-3H3. The summed E-state index contributed by atoms with van der Waals surface area (Å²) >= 11 is 0. The summed E-state index contributed by atoms with van der Waals surface area (Å²) in [5, 5.41) is 13.5. The molecule has 0 saturated carbocycles. The van der Waals surface area contributed by atoms with Gasteiger partial charge in [-0.25, -0.2) is 4.79 Å². The first kappa shape index (κ1) is 16.0. The molecule has 2 fully saturated rings. The van der Waals surface area contributed by atoms with Crippen molar-refractivity contribution in [3.63, 3.8) is 0 Å². The van der Waals surface area contributed by atoms with Crippen molar-refractivity contribution in [3.8, 4) is 0 Å². The molecule has 7 heteroatoms. The lowest BCUT2D eigenvalue weighted by Gasteiger charge is -2.46. The van der Waals surface area contributed by atoms with Crippen LogP contribution in [-0.2, 0) is 9.53 Å². The number of rotatable bonds is 2. The molecule has 0 spiro atoms. The molecule has 0 aromatic carbocycles. The second kappa shape index (κ2) is 5.81. The molecule has 0 radical (unpaired) electrons. The van der Waals surface area contributed by atoms with E-state index in [-0.39, 0.29) is 25.4 Å². The van der Waals surface area contributed by atoms with E-state index in [0.717, 1.165) is 13.1 Å². The number of carbonyl (C=O) groups is 2. The van der Waals surface area contributed by atoms with Gasteiger partial charge in [-0.2, -0.15) is 0 Å². The van der Waals surface area contributed by atoms with E-state index < -0.39 is 17.3 Å². The Balaban J connectivity index is 1.78. The minimum Gasteiger partial charge on any atom is -0.444 e. The van der Waals surface area contributed by atoms with E-state index in [9.17, 15) is 14.7 Å². The minimum absolute atomic E-state index is 0.0529. The van der Waals surface area contributed by atoms with Gasteiger partial charge in [-0.05, 0) is 20.8 Å². The van der Waals surface area contributed by atoms with Crippen molar-refractivity contribution in [1.29, 1.82) is 0 Å².